The van der Waals surface area contributed by atoms with Crippen molar-refractivity contribution in [3.8, 4) is 0 Å². The summed E-state index contributed by atoms with van der Waals surface area (Å²) in [5.41, 5.74) is 1.28. The summed E-state index contributed by atoms with van der Waals surface area (Å²) in [4.78, 5) is 34.8. The van der Waals surface area contributed by atoms with Crippen molar-refractivity contribution in [2.75, 3.05) is 11.6 Å². The standard InChI is InChI=1S/C15H11N5O3S2/c1-24-14-16-7-9(8-17-14)2-5-13(21)19-15-18-11-4-3-10(20(22)23)6-12(11)25-15/h2-8H,1H3,(H,18,19,21)/b5-2+. The molecule has 3 aromatic rings. The second kappa shape index (κ2) is 7.36. The van der Waals surface area contributed by atoms with E-state index in [9.17, 15) is 14.9 Å². The molecule has 0 fully saturated rings. The topological polar surface area (TPSA) is 111 Å². The highest BCUT2D eigenvalue weighted by atomic mass is 32.2. The lowest BCUT2D eigenvalue weighted by Gasteiger charge is -1.96. The number of carbonyl (C=O) groups is 1. The van der Waals surface area contributed by atoms with E-state index in [1.807, 2.05) is 6.26 Å². The minimum Gasteiger partial charge on any atom is -0.298 e. The third kappa shape index (κ3) is 4.17. The number of nitro groups is 1. The van der Waals surface area contributed by atoms with Crippen molar-refractivity contribution < 1.29 is 9.72 Å². The molecule has 0 bridgehead atoms. The molecule has 126 valence electrons. The summed E-state index contributed by atoms with van der Waals surface area (Å²) in [5.74, 6) is -0.359. The molecule has 0 aliphatic carbocycles. The summed E-state index contributed by atoms with van der Waals surface area (Å²) in [5, 5.41) is 14.5. The Kier molecular flexibility index (Phi) is 5.00. The van der Waals surface area contributed by atoms with Gasteiger partial charge in [-0.3, -0.25) is 20.2 Å². The normalized spacial score (nSPS) is 11.1. The molecule has 0 aliphatic heterocycles. The predicted molar refractivity (Wildman–Crippen MR) is 97.8 cm³/mol. The van der Waals surface area contributed by atoms with Crippen LogP contribution in [0.15, 0.2) is 41.8 Å². The zero-order valence-corrected chi connectivity index (χ0v) is 14.5. The Hall–Kier alpha value is -2.85. The van der Waals surface area contributed by atoms with Crippen LogP contribution in [-0.2, 0) is 4.79 Å². The van der Waals surface area contributed by atoms with E-state index < -0.39 is 4.92 Å². The fourth-order valence-electron chi connectivity index (χ4n) is 1.92. The van der Waals surface area contributed by atoms with E-state index in [1.54, 1.807) is 24.5 Å². The first-order valence-corrected chi connectivity index (χ1v) is 8.99. The monoisotopic (exact) mass is 373 g/mol. The molecule has 1 amide bonds. The van der Waals surface area contributed by atoms with Gasteiger partial charge in [0, 0.05) is 36.2 Å². The zero-order valence-electron chi connectivity index (χ0n) is 12.9. The van der Waals surface area contributed by atoms with Gasteiger partial charge in [-0.2, -0.15) is 0 Å². The summed E-state index contributed by atoms with van der Waals surface area (Å²) < 4.78 is 0.634. The maximum Gasteiger partial charge on any atom is 0.270 e. The van der Waals surface area contributed by atoms with E-state index in [4.69, 9.17) is 0 Å². The quantitative estimate of drug-likeness (QED) is 0.240. The van der Waals surface area contributed by atoms with Crippen molar-refractivity contribution in [2.24, 2.45) is 0 Å². The van der Waals surface area contributed by atoms with Gasteiger partial charge >= 0.3 is 0 Å². The van der Waals surface area contributed by atoms with Gasteiger partial charge in [0.25, 0.3) is 5.69 Å². The lowest BCUT2D eigenvalue weighted by atomic mass is 10.3. The molecule has 2 heterocycles. The Morgan fingerprint density at radius 2 is 2.12 bits per heavy atom. The summed E-state index contributed by atoms with van der Waals surface area (Å²) in [7, 11) is 0. The van der Waals surface area contributed by atoms with E-state index in [0.29, 0.717) is 26.1 Å². The first kappa shape index (κ1) is 17.0. The first-order valence-electron chi connectivity index (χ1n) is 6.95. The van der Waals surface area contributed by atoms with Crippen molar-refractivity contribution >= 4 is 56.1 Å². The molecule has 0 saturated carbocycles. The molecular weight excluding hydrogens is 362 g/mol. The number of fused-ring (bicyclic) bond motifs is 1. The molecule has 10 heteroatoms. The van der Waals surface area contributed by atoms with Gasteiger partial charge < -0.3 is 0 Å². The van der Waals surface area contributed by atoms with Crippen molar-refractivity contribution in [1.29, 1.82) is 0 Å². The van der Waals surface area contributed by atoms with Crippen LogP contribution in [0.4, 0.5) is 10.8 Å². The number of aromatic nitrogens is 3. The molecule has 0 spiro atoms. The number of nitro benzene ring substituents is 1. The van der Waals surface area contributed by atoms with E-state index in [-0.39, 0.29) is 11.6 Å². The van der Waals surface area contributed by atoms with Gasteiger partial charge in [0.05, 0.1) is 15.1 Å². The fraction of sp³-hybridized carbons (Fsp3) is 0.0667. The number of thioether (sulfide) groups is 1. The summed E-state index contributed by atoms with van der Waals surface area (Å²) in [6.45, 7) is 0. The van der Waals surface area contributed by atoms with Crippen LogP contribution in [0.3, 0.4) is 0 Å². The molecule has 0 saturated heterocycles. The predicted octanol–water partition coefficient (Wildman–Crippen LogP) is 3.37. The van der Waals surface area contributed by atoms with Gasteiger partial charge in [0.15, 0.2) is 10.3 Å². The number of amides is 1. The SMILES string of the molecule is CSc1ncc(/C=C/C(=O)Nc2nc3ccc([N+](=O)[O-])cc3s2)cn1. The van der Waals surface area contributed by atoms with Gasteiger partial charge in [0.2, 0.25) is 5.91 Å². The average Bonchev–Trinajstić information content (AvgIpc) is 3.01. The molecule has 2 aromatic heterocycles. The van der Waals surface area contributed by atoms with E-state index in [2.05, 4.69) is 20.3 Å². The molecule has 0 atom stereocenters. The Labute approximate surface area is 150 Å². The molecule has 1 aromatic carbocycles. The maximum absolute atomic E-state index is 12.0. The number of nitrogens with zero attached hydrogens (tertiary/aromatic N) is 4. The van der Waals surface area contributed by atoms with Crippen molar-refractivity contribution in [3.63, 3.8) is 0 Å². The highest BCUT2D eigenvalue weighted by Gasteiger charge is 2.11. The molecule has 25 heavy (non-hydrogen) atoms. The van der Waals surface area contributed by atoms with Crippen LogP contribution >= 0.6 is 23.1 Å². The number of rotatable bonds is 5. The third-order valence-electron chi connectivity index (χ3n) is 3.07. The molecular formula is C15H11N5O3S2. The summed E-state index contributed by atoms with van der Waals surface area (Å²) in [6, 6.07) is 4.37. The molecule has 0 aliphatic rings. The van der Waals surface area contributed by atoms with Crippen LogP contribution in [0.25, 0.3) is 16.3 Å². The fourth-order valence-corrected chi connectivity index (χ4v) is 3.14. The van der Waals surface area contributed by atoms with Gasteiger partial charge in [-0.15, -0.1) is 0 Å². The largest absolute Gasteiger partial charge is 0.298 e. The van der Waals surface area contributed by atoms with Gasteiger partial charge in [-0.25, -0.2) is 15.0 Å². The first-order chi connectivity index (χ1) is 12.0. The number of hydrogen-bond donors (Lipinski definition) is 1. The smallest absolute Gasteiger partial charge is 0.270 e. The van der Waals surface area contributed by atoms with Crippen LogP contribution in [0.2, 0.25) is 0 Å². The average molecular weight is 373 g/mol. The molecule has 0 radical (unpaired) electrons. The number of nitrogens with one attached hydrogen (secondary N) is 1. The number of non-ortho nitro benzene ring substituents is 1. The lowest BCUT2D eigenvalue weighted by molar-refractivity contribution is -0.384. The van der Waals surface area contributed by atoms with Gasteiger partial charge in [-0.05, 0) is 18.4 Å². The van der Waals surface area contributed by atoms with Crippen molar-refractivity contribution in [2.45, 2.75) is 5.16 Å². The highest BCUT2D eigenvalue weighted by Crippen LogP contribution is 2.29. The lowest BCUT2D eigenvalue weighted by Crippen LogP contribution is -2.07. The maximum atomic E-state index is 12.0. The van der Waals surface area contributed by atoms with E-state index in [0.717, 1.165) is 0 Å². The van der Waals surface area contributed by atoms with Crippen LogP contribution in [0.5, 0.6) is 0 Å². The minimum atomic E-state index is -0.468. The Balaban J connectivity index is 1.70. The van der Waals surface area contributed by atoms with Crippen LogP contribution in [0.1, 0.15) is 5.56 Å². The zero-order chi connectivity index (χ0) is 17.8. The van der Waals surface area contributed by atoms with E-state index >= 15 is 0 Å². The molecule has 0 unspecified atom stereocenters. The minimum absolute atomic E-state index is 0.0115. The number of thiazole rings is 1. The molecule has 1 N–H and O–H groups in total. The Bertz CT molecular complexity index is 969. The van der Waals surface area contributed by atoms with Gasteiger partial charge in [-0.1, -0.05) is 23.1 Å². The van der Waals surface area contributed by atoms with E-state index in [1.165, 1.54) is 41.3 Å². The van der Waals surface area contributed by atoms with Crippen LogP contribution in [-0.4, -0.2) is 32.0 Å². The highest BCUT2D eigenvalue weighted by molar-refractivity contribution is 7.98. The van der Waals surface area contributed by atoms with Gasteiger partial charge in [0.1, 0.15) is 0 Å². The summed E-state index contributed by atoms with van der Waals surface area (Å²) >= 11 is 2.61. The number of hydrogen-bond acceptors (Lipinski definition) is 8. The second-order valence-corrected chi connectivity index (χ2v) is 6.56. The van der Waals surface area contributed by atoms with Crippen molar-refractivity contribution in [3.05, 3.63) is 52.3 Å². The van der Waals surface area contributed by atoms with Crippen LogP contribution in [0, 0.1) is 10.1 Å². The second-order valence-electron chi connectivity index (χ2n) is 4.75. The van der Waals surface area contributed by atoms with Crippen LogP contribution < -0.4 is 5.32 Å². The van der Waals surface area contributed by atoms with Crippen molar-refractivity contribution in [1.82, 2.24) is 15.0 Å². The number of benzene rings is 1. The molecule has 3 rings (SSSR count). The molecule has 8 nitrogen and oxygen atoms in total. The Morgan fingerprint density at radius 3 is 2.80 bits per heavy atom. The Morgan fingerprint density at radius 1 is 1.36 bits per heavy atom. The number of anilines is 1. The third-order valence-corrected chi connectivity index (χ3v) is 4.58. The number of carbonyl (C=O) groups excluding carboxylic acids is 1. The summed E-state index contributed by atoms with van der Waals surface area (Å²) in [6.07, 6.45) is 8.08.